The Labute approximate surface area is 221 Å². The molecule has 12 nitrogen and oxygen atoms in total. The van der Waals surface area contributed by atoms with Gasteiger partial charge in [0.15, 0.2) is 5.69 Å². The molecule has 0 radical (unpaired) electrons. The maximum absolute atomic E-state index is 13.8. The number of aryl methyl sites for hydroxylation is 1. The number of aromatic carboxylic acids is 1. The molecule has 1 saturated heterocycles. The minimum atomic E-state index is -1.42. The van der Waals surface area contributed by atoms with Crippen molar-refractivity contribution in [3.8, 4) is 5.69 Å². The molecule has 3 aromatic rings. The molecule has 2 amide bonds. The number of carboxylic acids is 1. The van der Waals surface area contributed by atoms with E-state index in [2.05, 4.69) is 10.3 Å². The Bertz CT molecular complexity index is 1570. The molecule has 0 saturated carbocycles. The van der Waals surface area contributed by atoms with Crippen LogP contribution in [0.25, 0.3) is 5.69 Å². The van der Waals surface area contributed by atoms with Crippen molar-refractivity contribution in [1.82, 2.24) is 9.78 Å². The summed E-state index contributed by atoms with van der Waals surface area (Å²) in [4.78, 5) is 70.1. The van der Waals surface area contributed by atoms with Gasteiger partial charge in [-0.15, -0.1) is 0 Å². The first-order valence-corrected chi connectivity index (χ1v) is 12.0. The maximum Gasteiger partial charge on any atom is 0.359 e. The van der Waals surface area contributed by atoms with Gasteiger partial charge in [-0.25, -0.2) is 14.4 Å². The van der Waals surface area contributed by atoms with E-state index in [0.717, 1.165) is 10.5 Å². The summed E-state index contributed by atoms with van der Waals surface area (Å²) in [6.07, 6.45) is -1.39. The highest BCUT2D eigenvalue weighted by atomic mass is 16.7. The summed E-state index contributed by atoms with van der Waals surface area (Å²) in [7, 11) is 0. The normalized spacial score (nSPS) is 18.0. The predicted molar refractivity (Wildman–Crippen MR) is 132 cm³/mol. The number of ether oxygens (including phenoxy) is 1. The molecule has 0 N–H and O–H groups in total. The van der Waals surface area contributed by atoms with Crippen molar-refractivity contribution in [3.63, 3.8) is 0 Å². The second kappa shape index (κ2) is 9.63. The third-order valence-corrected chi connectivity index (χ3v) is 6.50. The number of hydrogen-bond donors (Lipinski definition) is 0. The minimum absolute atomic E-state index is 0.0380. The monoisotopic (exact) mass is 529 g/mol. The van der Waals surface area contributed by atoms with E-state index >= 15 is 0 Å². The van der Waals surface area contributed by atoms with Gasteiger partial charge in [-0.2, -0.15) is 5.10 Å². The first-order valence-electron chi connectivity index (χ1n) is 12.0. The van der Waals surface area contributed by atoms with Gasteiger partial charge in [-0.3, -0.25) is 14.4 Å². The lowest BCUT2D eigenvalue weighted by Crippen LogP contribution is -2.35. The number of anilines is 1. The van der Waals surface area contributed by atoms with Crippen LogP contribution in [0.1, 0.15) is 49.4 Å². The zero-order chi connectivity index (χ0) is 28.0. The molecule has 1 aromatic heterocycles. The lowest BCUT2D eigenvalue weighted by molar-refractivity contribution is -0.255. The second-order valence-corrected chi connectivity index (χ2v) is 8.93. The average molecular weight is 529 g/mol. The number of esters is 1. The van der Waals surface area contributed by atoms with Gasteiger partial charge in [-0.05, 0) is 50.6 Å². The summed E-state index contributed by atoms with van der Waals surface area (Å²) < 4.78 is 6.53. The summed E-state index contributed by atoms with van der Waals surface area (Å²) in [5.41, 5.74) is 1.08. The third-order valence-electron chi connectivity index (χ3n) is 6.50. The van der Waals surface area contributed by atoms with Gasteiger partial charge in [0.1, 0.15) is 11.6 Å². The number of Topliss-reactive ketones (excluding diaryl/α,β-unsaturated/α-hetero) is 1. The first-order chi connectivity index (χ1) is 18.6. The Kier molecular flexibility index (Phi) is 6.30. The van der Waals surface area contributed by atoms with Gasteiger partial charge in [-0.1, -0.05) is 35.0 Å². The number of imide groups is 1. The summed E-state index contributed by atoms with van der Waals surface area (Å²) in [6.45, 7) is 5.15. The van der Waals surface area contributed by atoms with Crippen molar-refractivity contribution >= 4 is 40.9 Å². The fourth-order valence-electron chi connectivity index (χ4n) is 4.55. The number of benzene rings is 2. The molecule has 5 rings (SSSR count). The predicted octanol–water partition coefficient (Wildman–Crippen LogP) is 1.16. The standard InChI is InChI=1S/C27H22N4O8/c1-4-38-27(37)21-18(14(3)31(28-21)17-9-5-13(2)6-10-17)22(32)20-19-23(39-29-20)25(34)30(24(19)33)16-11-7-15(8-12-16)26(35)36/h5-12,19,23H,4H2,1-3H3,(H,35,36)/p-1/t19-,23-/m1/s1. The molecule has 2 aliphatic heterocycles. The lowest BCUT2D eigenvalue weighted by atomic mass is 9.92. The van der Waals surface area contributed by atoms with E-state index in [1.807, 2.05) is 19.1 Å². The number of carboxylic acid groups (broad SMARTS) is 1. The molecule has 2 aromatic carbocycles. The number of rotatable bonds is 7. The van der Waals surface area contributed by atoms with Crippen LogP contribution in [0.3, 0.4) is 0 Å². The molecule has 0 spiro atoms. The molecule has 1 fully saturated rings. The molecular weight excluding hydrogens is 508 g/mol. The molecule has 0 unspecified atom stereocenters. The van der Waals surface area contributed by atoms with E-state index in [0.29, 0.717) is 11.4 Å². The van der Waals surface area contributed by atoms with Crippen molar-refractivity contribution in [2.45, 2.75) is 26.9 Å². The minimum Gasteiger partial charge on any atom is -0.545 e. The van der Waals surface area contributed by atoms with Gasteiger partial charge >= 0.3 is 5.97 Å². The quantitative estimate of drug-likeness (QED) is 0.248. The highest BCUT2D eigenvalue weighted by Gasteiger charge is 2.58. The zero-order valence-corrected chi connectivity index (χ0v) is 21.0. The summed E-state index contributed by atoms with van der Waals surface area (Å²) in [5.74, 6) is -5.98. The van der Waals surface area contributed by atoms with E-state index in [4.69, 9.17) is 9.57 Å². The number of aromatic nitrogens is 2. The highest BCUT2D eigenvalue weighted by Crippen LogP contribution is 2.35. The molecule has 198 valence electrons. The number of carbonyl (C=O) groups is 5. The van der Waals surface area contributed by atoms with Gasteiger partial charge in [0.25, 0.3) is 5.91 Å². The number of hydrogen-bond acceptors (Lipinski definition) is 10. The second-order valence-electron chi connectivity index (χ2n) is 8.93. The van der Waals surface area contributed by atoms with Crippen LogP contribution >= 0.6 is 0 Å². The van der Waals surface area contributed by atoms with Crippen LogP contribution in [0.4, 0.5) is 5.69 Å². The Morgan fingerprint density at radius 1 is 0.974 bits per heavy atom. The number of carbonyl (C=O) groups excluding carboxylic acids is 5. The molecule has 3 heterocycles. The van der Waals surface area contributed by atoms with E-state index < -0.39 is 41.6 Å². The van der Waals surface area contributed by atoms with Gasteiger partial charge in [0.2, 0.25) is 17.8 Å². The molecular formula is C27H21N4O8-. The van der Waals surface area contributed by atoms with Crippen molar-refractivity contribution < 1.29 is 38.7 Å². The van der Waals surface area contributed by atoms with E-state index in [9.17, 15) is 29.1 Å². The summed E-state index contributed by atoms with van der Waals surface area (Å²) in [6, 6.07) is 12.2. The molecule has 0 aliphatic carbocycles. The van der Waals surface area contributed by atoms with Gasteiger partial charge < -0.3 is 19.5 Å². The molecule has 2 atom stereocenters. The zero-order valence-electron chi connectivity index (χ0n) is 21.0. The largest absolute Gasteiger partial charge is 0.545 e. The van der Waals surface area contributed by atoms with Crippen LogP contribution in [-0.2, 0) is 19.2 Å². The van der Waals surface area contributed by atoms with E-state index in [1.54, 1.807) is 26.0 Å². The fourth-order valence-corrected chi connectivity index (χ4v) is 4.55. The number of nitrogens with zero attached hydrogens (tertiary/aromatic N) is 4. The van der Waals surface area contributed by atoms with Crippen LogP contribution in [0.5, 0.6) is 0 Å². The number of fused-ring (bicyclic) bond motifs is 1. The first kappa shape index (κ1) is 25.5. The van der Waals surface area contributed by atoms with Crippen LogP contribution in [0.2, 0.25) is 0 Å². The molecule has 39 heavy (non-hydrogen) atoms. The van der Waals surface area contributed by atoms with Gasteiger partial charge in [0, 0.05) is 0 Å². The van der Waals surface area contributed by atoms with E-state index in [-0.39, 0.29) is 34.8 Å². The summed E-state index contributed by atoms with van der Waals surface area (Å²) in [5, 5.41) is 19.2. The third kappa shape index (κ3) is 4.15. The average Bonchev–Trinajstić information content (AvgIpc) is 3.57. The molecule has 2 aliphatic rings. The van der Waals surface area contributed by atoms with Crippen LogP contribution in [0.15, 0.2) is 53.7 Å². The Morgan fingerprint density at radius 3 is 2.23 bits per heavy atom. The Hall–Kier alpha value is -5.13. The molecule has 0 bridgehead atoms. The van der Waals surface area contributed by atoms with Crippen molar-refractivity contribution in [2.24, 2.45) is 11.1 Å². The van der Waals surface area contributed by atoms with Crippen molar-refractivity contribution in [2.75, 3.05) is 11.5 Å². The van der Waals surface area contributed by atoms with E-state index in [1.165, 1.54) is 28.9 Å². The highest BCUT2D eigenvalue weighted by molar-refractivity contribution is 6.53. The SMILES string of the molecule is CCOC(=O)c1nn(-c2ccc(C)cc2)c(C)c1C(=O)C1=NO[C@H]2C(=O)N(c3ccc(C(=O)[O-])cc3)C(=O)[C@H]12. The van der Waals surface area contributed by atoms with Crippen LogP contribution < -0.4 is 10.0 Å². The van der Waals surface area contributed by atoms with Crippen molar-refractivity contribution in [1.29, 1.82) is 0 Å². The number of amides is 2. The Morgan fingerprint density at radius 2 is 1.62 bits per heavy atom. The Balaban J connectivity index is 1.52. The molecule has 12 heteroatoms. The maximum atomic E-state index is 13.8. The topological polar surface area (TPSA) is 160 Å². The van der Waals surface area contributed by atoms with Crippen molar-refractivity contribution in [3.05, 3.63) is 76.6 Å². The number of ketones is 1. The lowest BCUT2D eigenvalue weighted by Gasteiger charge is -2.16. The fraction of sp³-hybridized carbons (Fsp3) is 0.222. The summed E-state index contributed by atoms with van der Waals surface area (Å²) >= 11 is 0. The van der Waals surface area contributed by atoms with Crippen LogP contribution in [0, 0.1) is 19.8 Å². The van der Waals surface area contributed by atoms with Gasteiger partial charge in [0.05, 0.1) is 35.2 Å². The smallest absolute Gasteiger partial charge is 0.359 e. The number of oxime groups is 1. The van der Waals surface area contributed by atoms with Crippen LogP contribution in [-0.4, -0.2) is 57.7 Å².